The topological polar surface area (TPSA) is 61.4 Å². The molecule has 0 aromatic rings. The fraction of sp³-hybridized carbons (Fsp3) is 0.833. The number of rotatable bonds is 5. The van der Waals surface area contributed by atoms with Crippen LogP contribution in [0.3, 0.4) is 0 Å². The highest BCUT2D eigenvalue weighted by Gasteiger charge is 2.26. The van der Waals surface area contributed by atoms with E-state index < -0.39 is 5.41 Å². The lowest BCUT2D eigenvalue weighted by Crippen LogP contribution is -2.45. The second-order valence-electron chi connectivity index (χ2n) is 5.15. The van der Waals surface area contributed by atoms with E-state index in [2.05, 4.69) is 10.6 Å². The Bertz CT molecular complexity index is 283. The van der Waals surface area contributed by atoms with Crippen LogP contribution >= 0.6 is 0 Å². The second kappa shape index (κ2) is 6.00. The van der Waals surface area contributed by atoms with Gasteiger partial charge in [-0.25, -0.2) is 0 Å². The minimum absolute atomic E-state index is 0.0152. The summed E-state index contributed by atoms with van der Waals surface area (Å²) < 4.78 is 0. The van der Waals surface area contributed by atoms with Crippen molar-refractivity contribution in [3.63, 3.8) is 0 Å². The summed E-state index contributed by atoms with van der Waals surface area (Å²) in [5, 5.41) is 5.69. The zero-order valence-electron chi connectivity index (χ0n) is 11.0. The van der Waals surface area contributed by atoms with E-state index in [0.29, 0.717) is 13.1 Å². The van der Waals surface area contributed by atoms with Crippen LogP contribution in [0, 0.1) is 5.41 Å². The maximum Gasteiger partial charge on any atom is 0.236 e. The Labute approximate surface area is 103 Å². The van der Waals surface area contributed by atoms with E-state index in [-0.39, 0.29) is 11.8 Å². The first-order valence-corrected chi connectivity index (χ1v) is 6.18. The van der Waals surface area contributed by atoms with E-state index in [1.54, 1.807) is 7.05 Å². The fourth-order valence-corrected chi connectivity index (χ4v) is 1.98. The first-order chi connectivity index (χ1) is 7.97. The molecule has 0 unspecified atom stereocenters. The van der Waals surface area contributed by atoms with E-state index >= 15 is 0 Å². The van der Waals surface area contributed by atoms with Gasteiger partial charge in [0, 0.05) is 26.7 Å². The van der Waals surface area contributed by atoms with Gasteiger partial charge in [-0.2, -0.15) is 0 Å². The lowest BCUT2D eigenvalue weighted by Gasteiger charge is -2.23. The van der Waals surface area contributed by atoms with Crippen molar-refractivity contribution < 1.29 is 9.59 Å². The van der Waals surface area contributed by atoms with Crippen molar-refractivity contribution in [1.29, 1.82) is 0 Å². The lowest BCUT2D eigenvalue weighted by atomic mass is 9.92. The maximum absolute atomic E-state index is 11.7. The third-order valence-corrected chi connectivity index (χ3v) is 3.14. The summed E-state index contributed by atoms with van der Waals surface area (Å²) in [4.78, 5) is 25.1. The molecule has 1 rings (SSSR count). The van der Waals surface area contributed by atoms with Gasteiger partial charge in [0.2, 0.25) is 11.8 Å². The Balaban J connectivity index is 2.27. The Morgan fingerprint density at radius 3 is 2.35 bits per heavy atom. The Morgan fingerprint density at radius 2 is 1.82 bits per heavy atom. The highest BCUT2D eigenvalue weighted by atomic mass is 16.2. The number of hydrogen-bond donors (Lipinski definition) is 2. The number of likely N-dealkylation sites (tertiary alicyclic amines) is 1. The average molecular weight is 241 g/mol. The summed E-state index contributed by atoms with van der Waals surface area (Å²) in [6, 6.07) is 0. The predicted octanol–water partition coefficient (Wildman–Crippen LogP) is -0.0294. The molecule has 0 aromatic carbocycles. The Morgan fingerprint density at radius 1 is 1.24 bits per heavy atom. The van der Waals surface area contributed by atoms with E-state index in [4.69, 9.17) is 0 Å². The Kier molecular flexibility index (Phi) is 4.93. The molecule has 0 aromatic heterocycles. The first-order valence-electron chi connectivity index (χ1n) is 6.18. The lowest BCUT2D eigenvalue weighted by molar-refractivity contribution is -0.131. The molecule has 0 saturated carbocycles. The van der Waals surface area contributed by atoms with Crippen molar-refractivity contribution in [3.8, 4) is 0 Å². The average Bonchev–Trinajstić information content (AvgIpc) is 2.80. The molecule has 0 radical (unpaired) electrons. The molecule has 0 spiro atoms. The van der Waals surface area contributed by atoms with Crippen molar-refractivity contribution in [2.45, 2.75) is 26.7 Å². The van der Waals surface area contributed by atoms with E-state index in [1.807, 2.05) is 18.7 Å². The van der Waals surface area contributed by atoms with Crippen LogP contribution in [0.15, 0.2) is 0 Å². The summed E-state index contributed by atoms with van der Waals surface area (Å²) in [6.45, 7) is 6.30. The van der Waals surface area contributed by atoms with E-state index in [0.717, 1.165) is 25.9 Å². The molecule has 17 heavy (non-hydrogen) atoms. The standard InChI is InChI=1S/C12H23N3O2/c1-12(2,11(17)13-3)9-14-8-10(16)15-6-4-5-7-15/h14H,4-9H2,1-3H3,(H,13,17). The van der Waals surface area contributed by atoms with E-state index in [1.165, 1.54) is 0 Å². The molecule has 5 nitrogen and oxygen atoms in total. The van der Waals surface area contributed by atoms with Gasteiger partial charge in [0.1, 0.15) is 0 Å². The number of carbonyl (C=O) groups is 2. The van der Waals surface area contributed by atoms with Crippen molar-refractivity contribution in [2.24, 2.45) is 5.41 Å². The molecule has 1 heterocycles. The monoisotopic (exact) mass is 241 g/mol. The van der Waals surface area contributed by atoms with Crippen molar-refractivity contribution in [1.82, 2.24) is 15.5 Å². The van der Waals surface area contributed by atoms with Crippen LogP contribution < -0.4 is 10.6 Å². The SMILES string of the molecule is CNC(=O)C(C)(C)CNCC(=O)N1CCCC1. The van der Waals surface area contributed by atoms with Crippen molar-refractivity contribution >= 4 is 11.8 Å². The number of hydrogen-bond acceptors (Lipinski definition) is 3. The van der Waals surface area contributed by atoms with Gasteiger partial charge in [-0.3, -0.25) is 9.59 Å². The molecule has 2 N–H and O–H groups in total. The van der Waals surface area contributed by atoms with Gasteiger partial charge in [0.15, 0.2) is 0 Å². The van der Waals surface area contributed by atoms with Gasteiger partial charge in [-0.1, -0.05) is 0 Å². The van der Waals surface area contributed by atoms with Crippen molar-refractivity contribution in [2.75, 3.05) is 33.2 Å². The minimum Gasteiger partial charge on any atom is -0.359 e. The zero-order chi connectivity index (χ0) is 12.9. The normalized spacial score (nSPS) is 16.1. The Hall–Kier alpha value is -1.10. The van der Waals surface area contributed by atoms with Crippen LogP contribution in [0.1, 0.15) is 26.7 Å². The molecule has 98 valence electrons. The van der Waals surface area contributed by atoms with Crippen LogP contribution in [0.4, 0.5) is 0 Å². The molecular formula is C12H23N3O2. The highest BCUT2D eigenvalue weighted by Crippen LogP contribution is 2.13. The minimum atomic E-state index is -0.486. The second-order valence-corrected chi connectivity index (χ2v) is 5.15. The number of amides is 2. The summed E-state index contributed by atoms with van der Waals surface area (Å²) in [7, 11) is 1.62. The van der Waals surface area contributed by atoms with Crippen LogP contribution in [-0.2, 0) is 9.59 Å². The number of nitrogens with one attached hydrogen (secondary N) is 2. The van der Waals surface area contributed by atoms with Gasteiger partial charge in [-0.15, -0.1) is 0 Å². The number of nitrogens with zero attached hydrogens (tertiary/aromatic N) is 1. The molecule has 1 aliphatic heterocycles. The van der Waals surface area contributed by atoms with Crippen LogP contribution in [0.5, 0.6) is 0 Å². The quantitative estimate of drug-likeness (QED) is 0.710. The van der Waals surface area contributed by atoms with Gasteiger partial charge in [0.25, 0.3) is 0 Å². The summed E-state index contributed by atoms with van der Waals surface area (Å²) in [5.74, 6) is 0.119. The predicted molar refractivity (Wildman–Crippen MR) is 66.5 cm³/mol. The molecule has 5 heteroatoms. The molecule has 0 atom stereocenters. The maximum atomic E-state index is 11.7. The number of carbonyl (C=O) groups excluding carboxylic acids is 2. The molecule has 0 bridgehead atoms. The summed E-state index contributed by atoms with van der Waals surface area (Å²) >= 11 is 0. The van der Waals surface area contributed by atoms with Crippen LogP contribution in [0.2, 0.25) is 0 Å². The zero-order valence-corrected chi connectivity index (χ0v) is 11.0. The molecule has 2 amide bonds. The van der Waals surface area contributed by atoms with Gasteiger partial charge in [-0.05, 0) is 26.7 Å². The van der Waals surface area contributed by atoms with Crippen molar-refractivity contribution in [3.05, 3.63) is 0 Å². The van der Waals surface area contributed by atoms with Gasteiger partial charge >= 0.3 is 0 Å². The van der Waals surface area contributed by atoms with Crippen LogP contribution in [-0.4, -0.2) is 49.9 Å². The third-order valence-electron chi connectivity index (χ3n) is 3.14. The molecule has 1 aliphatic rings. The fourth-order valence-electron chi connectivity index (χ4n) is 1.98. The largest absolute Gasteiger partial charge is 0.359 e. The first kappa shape index (κ1) is 14.0. The summed E-state index contributed by atoms with van der Waals surface area (Å²) in [5.41, 5.74) is -0.486. The smallest absolute Gasteiger partial charge is 0.236 e. The molecule has 0 aliphatic carbocycles. The molecule has 1 saturated heterocycles. The third kappa shape index (κ3) is 4.00. The summed E-state index contributed by atoms with van der Waals surface area (Å²) in [6.07, 6.45) is 2.21. The highest BCUT2D eigenvalue weighted by molar-refractivity contribution is 5.82. The van der Waals surface area contributed by atoms with Gasteiger partial charge < -0.3 is 15.5 Å². The van der Waals surface area contributed by atoms with E-state index in [9.17, 15) is 9.59 Å². The molecular weight excluding hydrogens is 218 g/mol. The van der Waals surface area contributed by atoms with Crippen LogP contribution in [0.25, 0.3) is 0 Å². The molecule has 1 fully saturated rings. The van der Waals surface area contributed by atoms with Gasteiger partial charge in [0.05, 0.1) is 12.0 Å².